The van der Waals surface area contributed by atoms with E-state index in [-0.39, 0.29) is 0 Å². The molecule has 0 amide bonds. The van der Waals surface area contributed by atoms with Gasteiger partial charge in [-0.3, -0.25) is 0 Å². The Morgan fingerprint density at radius 2 is 1.75 bits per heavy atom. The Hall–Kier alpha value is -3.35. The summed E-state index contributed by atoms with van der Waals surface area (Å²) >= 11 is 0. The van der Waals surface area contributed by atoms with Crippen LogP contribution >= 0.6 is 0 Å². The lowest BCUT2D eigenvalue weighted by molar-refractivity contribution is 0.355. The topological polar surface area (TPSA) is 81.2 Å². The standard InChI is InChI=1S/C21H25N5O2/c1-13(2)16-8-6-7-14(3)20(16)25-21-24-19(12-22-26-21)23-15-9-10-17(27-4)18(11-15)28-5/h6-13H,1-5H3,(H2,23,24,25,26). The van der Waals surface area contributed by atoms with E-state index in [1.54, 1.807) is 20.4 Å². The van der Waals surface area contributed by atoms with E-state index in [0.29, 0.717) is 29.2 Å². The molecule has 1 aromatic heterocycles. The van der Waals surface area contributed by atoms with E-state index in [1.807, 2.05) is 18.2 Å². The maximum Gasteiger partial charge on any atom is 0.249 e. The minimum absolute atomic E-state index is 0.378. The molecule has 0 radical (unpaired) electrons. The average Bonchev–Trinajstić information content (AvgIpc) is 2.69. The van der Waals surface area contributed by atoms with Gasteiger partial charge in [-0.15, -0.1) is 5.10 Å². The molecule has 3 aromatic rings. The number of ether oxygens (including phenoxy) is 2. The van der Waals surface area contributed by atoms with Crippen LogP contribution in [0.15, 0.2) is 42.6 Å². The SMILES string of the molecule is COc1ccc(Nc2cnnc(Nc3c(C)cccc3C(C)C)n2)cc1OC. The summed E-state index contributed by atoms with van der Waals surface area (Å²) in [5.41, 5.74) is 4.17. The fourth-order valence-corrected chi connectivity index (χ4v) is 2.93. The van der Waals surface area contributed by atoms with E-state index in [9.17, 15) is 0 Å². The van der Waals surface area contributed by atoms with Gasteiger partial charge in [-0.25, -0.2) is 0 Å². The third-order valence-corrected chi connectivity index (χ3v) is 4.38. The zero-order chi connectivity index (χ0) is 20.1. The van der Waals surface area contributed by atoms with Gasteiger partial charge < -0.3 is 20.1 Å². The van der Waals surface area contributed by atoms with E-state index < -0.39 is 0 Å². The first kappa shape index (κ1) is 19.4. The Kier molecular flexibility index (Phi) is 5.93. The molecule has 0 atom stereocenters. The highest BCUT2D eigenvalue weighted by molar-refractivity contribution is 5.65. The van der Waals surface area contributed by atoms with E-state index >= 15 is 0 Å². The van der Waals surface area contributed by atoms with E-state index in [4.69, 9.17) is 9.47 Å². The first-order chi connectivity index (χ1) is 13.5. The third-order valence-electron chi connectivity index (χ3n) is 4.38. The molecule has 1 heterocycles. The van der Waals surface area contributed by atoms with Crippen LogP contribution in [0.5, 0.6) is 11.5 Å². The molecule has 28 heavy (non-hydrogen) atoms. The Bertz CT molecular complexity index is 959. The fraction of sp³-hybridized carbons (Fsp3) is 0.286. The van der Waals surface area contributed by atoms with Crippen molar-refractivity contribution in [2.45, 2.75) is 26.7 Å². The van der Waals surface area contributed by atoms with Crippen molar-refractivity contribution in [3.63, 3.8) is 0 Å². The molecule has 2 N–H and O–H groups in total. The second-order valence-corrected chi connectivity index (χ2v) is 6.68. The lowest BCUT2D eigenvalue weighted by Gasteiger charge is -2.16. The number of hydrogen-bond donors (Lipinski definition) is 2. The highest BCUT2D eigenvalue weighted by Gasteiger charge is 2.11. The molecule has 0 saturated carbocycles. The summed E-state index contributed by atoms with van der Waals surface area (Å²) in [4.78, 5) is 4.54. The predicted molar refractivity (Wildman–Crippen MR) is 111 cm³/mol. The van der Waals surface area contributed by atoms with E-state index in [0.717, 1.165) is 16.9 Å². The van der Waals surface area contributed by atoms with Gasteiger partial charge in [0, 0.05) is 17.4 Å². The van der Waals surface area contributed by atoms with Gasteiger partial charge in [0.05, 0.1) is 20.4 Å². The summed E-state index contributed by atoms with van der Waals surface area (Å²) in [6.07, 6.45) is 1.57. The van der Waals surface area contributed by atoms with E-state index in [1.165, 1.54) is 5.56 Å². The van der Waals surface area contributed by atoms with Gasteiger partial charge in [-0.2, -0.15) is 10.1 Å². The zero-order valence-corrected chi connectivity index (χ0v) is 16.8. The highest BCUT2D eigenvalue weighted by Crippen LogP contribution is 2.31. The van der Waals surface area contributed by atoms with Gasteiger partial charge in [0.15, 0.2) is 17.3 Å². The first-order valence-electron chi connectivity index (χ1n) is 9.07. The van der Waals surface area contributed by atoms with Crippen LogP contribution in [0.2, 0.25) is 0 Å². The van der Waals surface area contributed by atoms with Crippen molar-refractivity contribution < 1.29 is 9.47 Å². The summed E-state index contributed by atoms with van der Waals surface area (Å²) in [6.45, 7) is 6.38. The quantitative estimate of drug-likeness (QED) is 0.610. The summed E-state index contributed by atoms with van der Waals surface area (Å²) in [6, 6.07) is 11.8. The van der Waals surface area contributed by atoms with Crippen LogP contribution in [0, 0.1) is 6.92 Å². The molecule has 0 fully saturated rings. The normalized spacial score (nSPS) is 10.6. The largest absolute Gasteiger partial charge is 0.493 e. The number of nitrogens with one attached hydrogen (secondary N) is 2. The molecule has 0 aliphatic rings. The van der Waals surface area contributed by atoms with Crippen molar-refractivity contribution in [1.82, 2.24) is 15.2 Å². The summed E-state index contributed by atoms with van der Waals surface area (Å²) < 4.78 is 10.6. The van der Waals surface area contributed by atoms with Crippen LogP contribution in [-0.4, -0.2) is 29.4 Å². The number of anilines is 4. The third kappa shape index (κ3) is 4.31. The Labute approximate surface area is 165 Å². The monoisotopic (exact) mass is 379 g/mol. The summed E-state index contributed by atoms with van der Waals surface area (Å²) in [5, 5.41) is 14.7. The number of aryl methyl sites for hydroxylation is 1. The lowest BCUT2D eigenvalue weighted by atomic mass is 9.98. The molecule has 0 aliphatic carbocycles. The second-order valence-electron chi connectivity index (χ2n) is 6.68. The molecule has 0 aliphatic heterocycles. The minimum atomic E-state index is 0.378. The molecule has 0 unspecified atom stereocenters. The Balaban J connectivity index is 1.84. The number of benzene rings is 2. The molecule has 2 aromatic carbocycles. The number of nitrogens with zero attached hydrogens (tertiary/aromatic N) is 3. The summed E-state index contributed by atoms with van der Waals surface area (Å²) in [7, 11) is 3.21. The van der Waals surface area contributed by atoms with Crippen molar-refractivity contribution in [2.24, 2.45) is 0 Å². The van der Waals surface area contributed by atoms with Gasteiger partial charge in [-0.05, 0) is 36.1 Å². The van der Waals surface area contributed by atoms with Crippen LogP contribution in [0.3, 0.4) is 0 Å². The molecule has 146 valence electrons. The van der Waals surface area contributed by atoms with E-state index in [2.05, 4.69) is 64.8 Å². The highest BCUT2D eigenvalue weighted by atomic mass is 16.5. The van der Waals surface area contributed by atoms with Crippen LogP contribution < -0.4 is 20.1 Å². The number of hydrogen-bond acceptors (Lipinski definition) is 7. The number of methoxy groups -OCH3 is 2. The van der Waals surface area contributed by atoms with Crippen LogP contribution in [0.25, 0.3) is 0 Å². The molecule has 3 rings (SSSR count). The van der Waals surface area contributed by atoms with Crippen LogP contribution in [-0.2, 0) is 0 Å². The van der Waals surface area contributed by atoms with Crippen molar-refractivity contribution in [1.29, 1.82) is 0 Å². The van der Waals surface area contributed by atoms with Gasteiger partial charge in [-0.1, -0.05) is 32.0 Å². The molecule has 7 nitrogen and oxygen atoms in total. The smallest absolute Gasteiger partial charge is 0.249 e. The maximum absolute atomic E-state index is 5.34. The molecule has 0 spiro atoms. The van der Waals surface area contributed by atoms with Crippen LogP contribution in [0.1, 0.15) is 30.9 Å². The predicted octanol–water partition coefficient (Wildman–Crippen LogP) is 4.81. The Morgan fingerprint density at radius 3 is 2.46 bits per heavy atom. The van der Waals surface area contributed by atoms with Gasteiger partial charge in [0.1, 0.15) is 0 Å². The zero-order valence-electron chi connectivity index (χ0n) is 16.8. The van der Waals surface area contributed by atoms with Gasteiger partial charge >= 0.3 is 0 Å². The second kappa shape index (κ2) is 8.56. The Morgan fingerprint density at radius 1 is 0.964 bits per heavy atom. The molecular formula is C21H25N5O2. The van der Waals surface area contributed by atoms with Crippen molar-refractivity contribution in [3.05, 3.63) is 53.7 Å². The molecule has 7 heteroatoms. The van der Waals surface area contributed by atoms with Gasteiger partial charge in [0.25, 0.3) is 0 Å². The van der Waals surface area contributed by atoms with Crippen molar-refractivity contribution >= 4 is 23.1 Å². The number of para-hydroxylation sites is 1. The molecule has 0 saturated heterocycles. The maximum atomic E-state index is 5.34. The minimum Gasteiger partial charge on any atom is -0.493 e. The van der Waals surface area contributed by atoms with Gasteiger partial charge in [0.2, 0.25) is 5.95 Å². The van der Waals surface area contributed by atoms with Crippen molar-refractivity contribution in [2.75, 3.05) is 24.9 Å². The number of aromatic nitrogens is 3. The molecule has 0 bridgehead atoms. The van der Waals surface area contributed by atoms with Crippen molar-refractivity contribution in [3.8, 4) is 11.5 Å². The fourth-order valence-electron chi connectivity index (χ4n) is 2.93. The average molecular weight is 379 g/mol. The molecular weight excluding hydrogens is 354 g/mol. The summed E-state index contributed by atoms with van der Waals surface area (Å²) in [5.74, 6) is 2.68. The first-order valence-corrected chi connectivity index (χ1v) is 9.07. The van der Waals surface area contributed by atoms with Crippen LogP contribution in [0.4, 0.5) is 23.1 Å². The number of rotatable bonds is 7. The lowest BCUT2D eigenvalue weighted by Crippen LogP contribution is -2.06.